The summed E-state index contributed by atoms with van der Waals surface area (Å²) in [5, 5.41) is 16.8. The number of nitrogens with two attached hydrogens (primary N) is 1. The van der Waals surface area contributed by atoms with Gasteiger partial charge in [0.15, 0.2) is 0 Å². The summed E-state index contributed by atoms with van der Waals surface area (Å²) in [5.74, 6) is 0. The third-order valence-electron chi connectivity index (χ3n) is 2.72. The first-order valence-electron chi connectivity index (χ1n) is 6.33. The van der Waals surface area contributed by atoms with Crippen molar-refractivity contribution < 1.29 is 13.2 Å². The lowest BCUT2D eigenvalue weighted by Gasteiger charge is -2.10. The number of morpholine rings is 1. The van der Waals surface area contributed by atoms with Gasteiger partial charge in [-0.3, -0.25) is 0 Å². The van der Waals surface area contributed by atoms with Crippen LogP contribution in [0.15, 0.2) is 23.1 Å². The molecule has 1 saturated heterocycles. The molecule has 20 heavy (non-hydrogen) atoms. The van der Waals surface area contributed by atoms with Crippen LogP contribution in [0.4, 0.5) is 0 Å². The van der Waals surface area contributed by atoms with Crippen LogP contribution < -0.4 is 10.5 Å². The highest BCUT2D eigenvalue weighted by Crippen LogP contribution is 2.16. The Hall–Kier alpha value is -1.46. The van der Waals surface area contributed by atoms with Gasteiger partial charge in [0, 0.05) is 13.1 Å². The lowest BCUT2D eigenvalue weighted by molar-refractivity contribution is 0.109. The number of benzene rings is 1. The average molecular weight is 297 g/mol. The van der Waals surface area contributed by atoms with Crippen LogP contribution in [0.25, 0.3) is 0 Å². The zero-order valence-electron chi connectivity index (χ0n) is 11.4. The van der Waals surface area contributed by atoms with Crippen LogP contribution in [-0.2, 0) is 21.2 Å². The van der Waals surface area contributed by atoms with Crippen LogP contribution in [0, 0.1) is 11.3 Å². The Labute approximate surface area is 119 Å². The van der Waals surface area contributed by atoms with Gasteiger partial charge in [0.05, 0.1) is 29.7 Å². The van der Waals surface area contributed by atoms with Crippen LogP contribution in [0.1, 0.15) is 18.1 Å². The fourth-order valence-corrected chi connectivity index (χ4v) is 2.55. The Morgan fingerprint density at radius 1 is 1.40 bits per heavy atom. The Morgan fingerprint density at radius 2 is 2.05 bits per heavy atom. The molecule has 1 fully saturated rings. The van der Waals surface area contributed by atoms with Gasteiger partial charge in [-0.15, -0.1) is 0 Å². The van der Waals surface area contributed by atoms with Crippen LogP contribution >= 0.6 is 0 Å². The van der Waals surface area contributed by atoms with Crippen molar-refractivity contribution in [1.29, 1.82) is 5.26 Å². The number of sulfonamides is 1. The molecule has 1 heterocycles. The highest BCUT2D eigenvalue weighted by atomic mass is 32.2. The van der Waals surface area contributed by atoms with Crippen LogP contribution in [0.2, 0.25) is 0 Å². The molecule has 7 heteroatoms. The molecule has 0 aromatic heterocycles. The molecule has 3 N–H and O–H groups in total. The second-order valence-electron chi connectivity index (χ2n) is 4.20. The molecule has 2 rings (SSSR count). The van der Waals surface area contributed by atoms with Crippen molar-refractivity contribution in [2.24, 2.45) is 5.14 Å². The van der Waals surface area contributed by atoms with Gasteiger partial charge in [-0.2, -0.15) is 5.26 Å². The maximum absolute atomic E-state index is 11.1. The van der Waals surface area contributed by atoms with Gasteiger partial charge in [0.2, 0.25) is 10.0 Å². The highest BCUT2D eigenvalue weighted by molar-refractivity contribution is 7.89. The van der Waals surface area contributed by atoms with E-state index < -0.39 is 10.0 Å². The van der Waals surface area contributed by atoms with Crippen LogP contribution in [0.3, 0.4) is 0 Å². The maximum atomic E-state index is 11.1. The third-order valence-corrected chi connectivity index (χ3v) is 3.73. The molecule has 1 aromatic carbocycles. The summed E-state index contributed by atoms with van der Waals surface area (Å²) in [6.07, 6.45) is 0.529. The van der Waals surface area contributed by atoms with E-state index in [1.165, 1.54) is 12.1 Å². The van der Waals surface area contributed by atoms with E-state index in [0.29, 0.717) is 17.5 Å². The number of nitrogens with one attached hydrogen (secondary N) is 1. The van der Waals surface area contributed by atoms with E-state index in [-0.39, 0.29) is 4.90 Å². The first-order chi connectivity index (χ1) is 9.49. The highest BCUT2D eigenvalue weighted by Gasteiger charge is 2.12. The minimum atomic E-state index is -3.68. The summed E-state index contributed by atoms with van der Waals surface area (Å²) in [5.41, 5.74) is 1.01. The number of aryl methyl sites for hydroxylation is 1. The molecule has 110 valence electrons. The van der Waals surface area contributed by atoms with E-state index in [0.717, 1.165) is 26.3 Å². The Kier molecular flexibility index (Phi) is 6.61. The minimum Gasteiger partial charge on any atom is -0.379 e. The summed E-state index contributed by atoms with van der Waals surface area (Å²) in [7, 11) is -3.68. The Bertz CT molecular complexity index is 564. The number of nitriles is 1. The second-order valence-corrected chi connectivity index (χ2v) is 5.73. The first-order valence-corrected chi connectivity index (χ1v) is 7.88. The van der Waals surface area contributed by atoms with E-state index in [1.54, 1.807) is 6.07 Å². The fourth-order valence-electron chi connectivity index (χ4n) is 1.72. The van der Waals surface area contributed by atoms with E-state index in [4.69, 9.17) is 15.1 Å². The van der Waals surface area contributed by atoms with Crippen molar-refractivity contribution in [3.05, 3.63) is 29.3 Å². The molecule has 1 aliphatic rings. The number of hydrogen-bond donors (Lipinski definition) is 2. The number of nitrogens with zero attached hydrogens (tertiary/aromatic N) is 1. The second kappa shape index (κ2) is 7.97. The third kappa shape index (κ3) is 5.27. The van der Waals surface area contributed by atoms with Crippen molar-refractivity contribution >= 4 is 10.0 Å². The number of rotatable bonds is 2. The zero-order valence-corrected chi connectivity index (χ0v) is 12.2. The maximum Gasteiger partial charge on any atom is 0.238 e. The van der Waals surface area contributed by atoms with E-state index in [1.807, 2.05) is 13.0 Å². The quantitative estimate of drug-likeness (QED) is 0.820. The molecule has 0 atom stereocenters. The van der Waals surface area contributed by atoms with Crippen molar-refractivity contribution in [1.82, 2.24) is 5.32 Å². The number of hydrogen-bond acceptors (Lipinski definition) is 5. The number of ether oxygens (including phenoxy) is 1. The predicted molar refractivity (Wildman–Crippen MR) is 75.6 cm³/mol. The normalized spacial score (nSPS) is 14.8. The molecule has 0 radical (unpaired) electrons. The van der Waals surface area contributed by atoms with E-state index in [9.17, 15) is 8.42 Å². The average Bonchev–Trinajstić information content (AvgIpc) is 2.48. The van der Waals surface area contributed by atoms with Gasteiger partial charge in [0.25, 0.3) is 0 Å². The van der Waals surface area contributed by atoms with Crippen molar-refractivity contribution in [2.75, 3.05) is 26.3 Å². The molecule has 0 amide bonds. The van der Waals surface area contributed by atoms with Gasteiger partial charge < -0.3 is 10.1 Å². The van der Waals surface area contributed by atoms with Crippen LogP contribution in [0.5, 0.6) is 0 Å². The molecule has 1 aromatic rings. The smallest absolute Gasteiger partial charge is 0.238 e. The molecule has 0 saturated carbocycles. The molecular formula is C13H19N3O3S. The van der Waals surface area contributed by atoms with Gasteiger partial charge in [0.1, 0.15) is 0 Å². The molecule has 1 aliphatic heterocycles. The van der Waals surface area contributed by atoms with Crippen molar-refractivity contribution in [3.63, 3.8) is 0 Å². The molecule has 0 spiro atoms. The lowest BCUT2D eigenvalue weighted by Crippen LogP contribution is -2.30. The Balaban J connectivity index is 0.000000276. The zero-order chi connectivity index (χ0) is 15.0. The van der Waals surface area contributed by atoms with Gasteiger partial charge >= 0.3 is 0 Å². The summed E-state index contributed by atoms with van der Waals surface area (Å²) >= 11 is 0. The standard InChI is InChI=1S/C9H10N2O2S.C4H9NO/c1-2-8-5-7(6-10)3-4-9(8)14(11,12)13;1-3-6-4-2-5-1/h3-5H,2H2,1H3,(H2,11,12,13);5H,1-4H2. The van der Waals surface area contributed by atoms with Crippen molar-refractivity contribution in [2.45, 2.75) is 18.2 Å². The Morgan fingerprint density at radius 3 is 2.40 bits per heavy atom. The summed E-state index contributed by atoms with van der Waals surface area (Å²) in [6, 6.07) is 6.30. The van der Waals surface area contributed by atoms with Gasteiger partial charge in [-0.05, 0) is 30.2 Å². The number of primary sulfonamides is 1. The monoisotopic (exact) mass is 297 g/mol. The molecule has 6 nitrogen and oxygen atoms in total. The molecule has 0 bridgehead atoms. The van der Waals surface area contributed by atoms with Crippen LogP contribution in [-0.4, -0.2) is 34.7 Å². The largest absolute Gasteiger partial charge is 0.379 e. The molecule has 0 unspecified atom stereocenters. The topological polar surface area (TPSA) is 105 Å². The van der Waals surface area contributed by atoms with Crippen molar-refractivity contribution in [3.8, 4) is 6.07 Å². The van der Waals surface area contributed by atoms with E-state index in [2.05, 4.69) is 5.32 Å². The predicted octanol–water partition coefficient (Wildman–Crippen LogP) is 0.374. The molecule has 0 aliphatic carbocycles. The fraction of sp³-hybridized carbons (Fsp3) is 0.462. The van der Waals surface area contributed by atoms with Gasteiger partial charge in [-0.25, -0.2) is 13.6 Å². The summed E-state index contributed by atoms with van der Waals surface area (Å²) < 4.78 is 27.2. The lowest BCUT2D eigenvalue weighted by atomic mass is 10.1. The first kappa shape index (κ1) is 16.6. The van der Waals surface area contributed by atoms with E-state index >= 15 is 0 Å². The molecular weight excluding hydrogens is 278 g/mol. The summed E-state index contributed by atoms with van der Waals surface area (Å²) in [4.78, 5) is 0.0963. The minimum absolute atomic E-state index is 0.0963. The summed E-state index contributed by atoms with van der Waals surface area (Å²) in [6.45, 7) is 5.64. The van der Waals surface area contributed by atoms with Gasteiger partial charge in [-0.1, -0.05) is 6.92 Å². The SMILES string of the molecule is C1COCCN1.CCc1cc(C#N)ccc1S(N)(=O)=O.